The zero-order valence-electron chi connectivity index (χ0n) is 10.0. The topological polar surface area (TPSA) is 66.4 Å². The molecule has 2 rings (SSSR count). The first-order valence-corrected chi connectivity index (χ1v) is 8.91. The molecule has 0 aliphatic heterocycles. The second-order valence-corrected chi connectivity index (χ2v) is 8.33. The van der Waals surface area contributed by atoms with Crippen LogP contribution in [0.15, 0.2) is 22.4 Å². The molecule has 8 heteroatoms. The number of nitrogens with one attached hydrogen (secondary N) is 1. The highest BCUT2D eigenvalue weighted by atomic mass is 35.5. The molecule has 2 aromatic rings. The first kappa shape index (κ1) is 15.0. The minimum Gasteiger partial charge on any atom is -0.391 e. The molecule has 0 bridgehead atoms. The molecule has 0 saturated heterocycles. The van der Waals surface area contributed by atoms with Crippen molar-refractivity contribution in [1.82, 2.24) is 4.72 Å². The van der Waals surface area contributed by atoms with E-state index in [1.54, 1.807) is 24.4 Å². The molecule has 0 fully saturated rings. The molecule has 2 aromatic heterocycles. The van der Waals surface area contributed by atoms with Gasteiger partial charge in [-0.15, -0.1) is 22.7 Å². The predicted octanol–water partition coefficient (Wildman–Crippen LogP) is 2.74. The van der Waals surface area contributed by atoms with Gasteiger partial charge in [0.25, 0.3) is 0 Å². The van der Waals surface area contributed by atoms with Crippen molar-refractivity contribution in [2.45, 2.75) is 25.0 Å². The lowest BCUT2D eigenvalue weighted by molar-refractivity contribution is 0.282. The summed E-state index contributed by atoms with van der Waals surface area (Å²) in [5, 5.41) is 10.9. The van der Waals surface area contributed by atoms with Crippen LogP contribution in [-0.4, -0.2) is 13.5 Å². The average molecular weight is 338 g/mol. The summed E-state index contributed by atoms with van der Waals surface area (Å²) in [5.74, 6) is 0. The number of aliphatic hydroxyl groups excluding tert-OH is 1. The van der Waals surface area contributed by atoms with E-state index >= 15 is 0 Å². The van der Waals surface area contributed by atoms with Crippen molar-refractivity contribution in [2.75, 3.05) is 0 Å². The molecule has 0 radical (unpaired) electrons. The van der Waals surface area contributed by atoms with E-state index in [0.29, 0.717) is 14.8 Å². The van der Waals surface area contributed by atoms with Crippen LogP contribution < -0.4 is 4.72 Å². The molecular weight excluding hydrogens is 326 g/mol. The van der Waals surface area contributed by atoms with Gasteiger partial charge in [-0.1, -0.05) is 11.6 Å². The van der Waals surface area contributed by atoms with Crippen LogP contribution in [0.25, 0.3) is 0 Å². The molecule has 0 aliphatic rings. The lowest BCUT2D eigenvalue weighted by Crippen LogP contribution is -2.24. The summed E-state index contributed by atoms with van der Waals surface area (Å²) in [6, 6.07) is 3.51. The zero-order valence-corrected chi connectivity index (χ0v) is 13.2. The van der Waals surface area contributed by atoms with Gasteiger partial charge in [0, 0.05) is 11.4 Å². The maximum Gasteiger partial charge on any atom is 0.242 e. The third-order valence-electron chi connectivity index (χ3n) is 2.47. The van der Waals surface area contributed by atoms with Crippen LogP contribution in [-0.2, 0) is 23.2 Å². The SMILES string of the molecule is Cc1csc(CO)c1S(=O)(=O)NCc1ccc(Cl)s1. The summed E-state index contributed by atoms with van der Waals surface area (Å²) in [4.78, 5) is 1.48. The normalized spacial score (nSPS) is 11.9. The average Bonchev–Trinajstić information content (AvgIpc) is 2.93. The summed E-state index contributed by atoms with van der Waals surface area (Å²) < 4.78 is 27.6. The Morgan fingerprint density at radius 3 is 2.74 bits per heavy atom. The number of aryl methyl sites for hydroxylation is 1. The molecule has 0 spiro atoms. The van der Waals surface area contributed by atoms with E-state index in [0.717, 1.165) is 4.88 Å². The van der Waals surface area contributed by atoms with E-state index in [9.17, 15) is 13.5 Å². The van der Waals surface area contributed by atoms with Gasteiger partial charge in [0.2, 0.25) is 10.0 Å². The maximum atomic E-state index is 12.2. The molecule has 0 amide bonds. The fourth-order valence-corrected chi connectivity index (χ4v) is 5.43. The number of hydrogen-bond acceptors (Lipinski definition) is 5. The van der Waals surface area contributed by atoms with Gasteiger partial charge in [-0.25, -0.2) is 13.1 Å². The van der Waals surface area contributed by atoms with Gasteiger partial charge >= 0.3 is 0 Å². The largest absolute Gasteiger partial charge is 0.391 e. The van der Waals surface area contributed by atoms with Crippen molar-refractivity contribution in [2.24, 2.45) is 0 Å². The van der Waals surface area contributed by atoms with Crippen molar-refractivity contribution >= 4 is 44.3 Å². The molecule has 0 aromatic carbocycles. The number of halogens is 1. The van der Waals surface area contributed by atoms with Gasteiger partial charge in [-0.05, 0) is 30.0 Å². The lowest BCUT2D eigenvalue weighted by Gasteiger charge is -2.07. The third-order valence-corrected chi connectivity index (χ3v) is 6.55. The molecule has 2 heterocycles. The Hall–Kier alpha value is -0.440. The van der Waals surface area contributed by atoms with Crippen LogP contribution >= 0.6 is 34.3 Å². The summed E-state index contributed by atoms with van der Waals surface area (Å²) >= 11 is 8.37. The predicted molar refractivity (Wildman–Crippen MR) is 78.3 cm³/mol. The summed E-state index contributed by atoms with van der Waals surface area (Å²) in [7, 11) is -3.62. The fraction of sp³-hybridized carbons (Fsp3) is 0.273. The molecular formula is C11H12ClNO3S3. The van der Waals surface area contributed by atoms with Gasteiger partial charge < -0.3 is 5.11 Å². The van der Waals surface area contributed by atoms with E-state index in [4.69, 9.17) is 11.6 Å². The Labute approximate surface area is 124 Å². The fourth-order valence-electron chi connectivity index (χ4n) is 1.64. The van der Waals surface area contributed by atoms with Crippen LogP contribution in [0.5, 0.6) is 0 Å². The highest BCUT2D eigenvalue weighted by Gasteiger charge is 2.22. The molecule has 0 aliphatic carbocycles. The van der Waals surface area contributed by atoms with Gasteiger partial charge in [0.15, 0.2) is 0 Å². The van der Waals surface area contributed by atoms with E-state index in [1.807, 2.05) is 0 Å². The number of sulfonamides is 1. The monoisotopic (exact) mass is 337 g/mol. The van der Waals surface area contributed by atoms with Crippen LogP contribution in [0.4, 0.5) is 0 Å². The highest BCUT2D eigenvalue weighted by Crippen LogP contribution is 2.27. The van der Waals surface area contributed by atoms with Gasteiger partial charge in [0.05, 0.1) is 15.8 Å². The van der Waals surface area contributed by atoms with Crippen molar-refractivity contribution < 1.29 is 13.5 Å². The molecule has 0 saturated carbocycles. The van der Waals surface area contributed by atoms with Gasteiger partial charge in [0.1, 0.15) is 4.90 Å². The second-order valence-electron chi connectivity index (χ2n) is 3.86. The number of aliphatic hydroxyl groups is 1. The van der Waals surface area contributed by atoms with E-state index in [1.165, 1.54) is 22.7 Å². The second kappa shape index (κ2) is 5.90. The van der Waals surface area contributed by atoms with E-state index < -0.39 is 10.0 Å². The summed E-state index contributed by atoms with van der Waals surface area (Å²) in [5.41, 5.74) is 0.644. The minimum atomic E-state index is -3.62. The summed E-state index contributed by atoms with van der Waals surface area (Å²) in [6.07, 6.45) is 0. The smallest absolute Gasteiger partial charge is 0.242 e. The van der Waals surface area contributed by atoms with Crippen molar-refractivity contribution in [1.29, 1.82) is 0 Å². The Balaban J connectivity index is 2.20. The highest BCUT2D eigenvalue weighted by molar-refractivity contribution is 7.89. The Bertz CT molecular complexity index is 675. The number of rotatable bonds is 5. The first-order chi connectivity index (χ1) is 8.94. The molecule has 104 valence electrons. The standard InChI is InChI=1S/C11H12ClNO3S3/c1-7-6-17-9(5-14)11(7)19(15,16)13-4-8-2-3-10(12)18-8/h2-3,6,13-14H,4-5H2,1H3. The third kappa shape index (κ3) is 3.36. The molecule has 0 unspecified atom stereocenters. The van der Waals surface area contributed by atoms with Crippen LogP contribution in [0.3, 0.4) is 0 Å². The molecule has 4 nitrogen and oxygen atoms in total. The Morgan fingerprint density at radius 1 is 1.42 bits per heavy atom. The summed E-state index contributed by atoms with van der Waals surface area (Å²) in [6.45, 7) is 1.63. The van der Waals surface area contributed by atoms with Crippen LogP contribution in [0.1, 0.15) is 15.3 Å². The van der Waals surface area contributed by atoms with Crippen molar-refractivity contribution in [3.63, 3.8) is 0 Å². The zero-order chi connectivity index (χ0) is 14.0. The quantitative estimate of drug-likeness (QED) is 0.881. The molecule has 2 N–H and O–H groups in total. The van der Waals surface area contributed by atoms with E-state index in [-0.39, 0.29) is 18.0 Å². The number of thiophene rings is 2. The van der Waals surface area contributed by atoms with Crippen molar-refractivity contribution in [3.05, 3.63) is 37.2 Å². The van der Waals surface area contributed by atoms with Gasteiger partial charge in [-0.3, -0.25) is 0 Å². The number of hydrogen-bond donors (Lipinski definition) is 2. The Morgan fingerprint density at radius 2 is 2.16 bits per heavy atom. The molecule has 0 atom stereocenters. The van der Waals surface area contributed by atoms with E-state index in [2.05, 4.69) is 4.72 Å². The van der Waals surface area contributed by atoms with Crippen LogP contribution in [0.2, 0.25) is 4.34 Å². The first-order valence-electron chi connectivity index (χ1n) is 5.35. The van der Waals surface area contributed by atoms with Gasteiger partial charge in [-0.2, -0.15) is 0 Å². The van der Waals surface area contributed by atoms with Crippen LogP contribution in [0, 0.1) is 6.92 Å². The molecule has 19 heavy (non-hydrogen) atoms. The Kier molecular flexibility index (Phi) is 4.65. The lowest BCUT2D eigenvalue weighted by atomic mass is 10.3. The van der Waals surface area contributed by atoms with Crippen molar-refractivity contribution in [3.8, 4) is 0 Å². The minimum absolute atomic E-state index is 0.183. The maximum absolute atomic E-state index is 12.2.